The van der Waals surface area contributed by atoms with Gasteiger partial charge in [0.05, 0.1) is 22.9 Å². The molecule has 31 heavy (non-hydrogen) atoms. The summed E-state index contributed by atoms with van der Waals surface area (Å²) in [6, 6.07) is 7.82. The summed E-state index contributed by atoms with van der Waals surface area (Å²) >= 11 is 6.24. The van der Waals surface area contributed by atoms with Crippen LogP contribution < -0.4 is 14.4 Å². The Labute approximate surface area is 181 Å². The van der Waals surface area contributed by atoms with Crippen LogP contribution in [0.3, 0.4) is 0 Å². The number of nitrogens with zero attached hydrogens (tertiary/aromatic N) is 3. The Morgan fingerprint density at radius 1 is 1.29 bits per heavy atom. The minimum absolute atomic E-state index is 0.00536. The average Bonchev–Trinajstić information content (AvgIpc) is 3.19. The second-order valence-electron chi connectivity index (χ2n) is 6.56. The number of para-hydroxylation sites is 1. The molecule has 0 bridgehead atoms. The van der Waals surface area contributed by atoms with E-state index in [1.54, 1.807) is 0 Å². The quantitative estimate of drug-likeness (QED) is 0.593. The molecule has 1 aliphatic rings. The summed E-state index contributed by atoms with van der Waals surface area (Å²) in [4.78, 5) is 17.6. The van der Waals surface area contributed by atoms with Gasteiger partial charge in [0.25, 0.3) is 15.9 Å². The van der Waals surface area contributed by atoms with E-state index in [2.05, 4.69) is 14.9 Å². The highest BCUT2D eigenvalue weighted by Gasteiger charge is 2.31. The van der Waals surface area contributed by atoms with Crippen molar-refractivity contribution in [2.75, 3.05) is 16.2 Å². The fourth-order valence-corrected chi connectivity index (χ4v) is 4.57. The van der Waals surface area contributed by atoms with Crippen LogP contribution in [0.1, 0.15) is 18.6 Å². The van der Waals surface area contributed by atoms with E-state index in [0.29, 0.717) is 12.3 Å². The molecule has 162 valence electrons. The molecule has 1 aliphatic heterocycles. The third kappa shape index (κ3) is 4.19. The summed E-state index contributed by atoms with van der Waals surface area (Å²) in [5, 5.41) is 3.65. The monoisotopic (exact) mass is 466 g/mol. The molecule has 0 radical (unpaired) electrons. The van der Waals surface area contributed by atoms with Crippen molar-refractivity contribution in [3.05, 3.63) is 59.0 Å². The topological polar surface area (TPSA) is 115 Å². The summed E-state index contributed by atoms with van der Waals surface area (Å²) in [6.45, 7) is 1.53. The number of carbonyl (C=O) groups excluding carboxylic acids is 1. The number of sulfonamides is 1. The fraction of sp³-hybridized carbons (Fsp3) is 0.211. The van der Waals surface area contributed by atoms with Crippen molar-refractivity contribution in [2.45, 2.75) is 24.8 Å². The minimum Gasteiger partial charge on any atom is -0.482 e. The van der Waals surface area contributed by atoms with E-state index in [4.69, 9.17) is 20.9 Å². The van der Waals surface area contributed by atoms with Crippen LogP contribution in [-0.4, -0.2) is 31.1 Å². The van der Waals surface area contributed by atoms with Gasteiger partial charge in [0.1, 0.15) is 16.5 Å². The number of amides is 1. The van der Waals surface area contributed by atoms with E-state index in [1.165, 1.54) is 35.2 Å². The van der Waals surface area contributed by atoms with Gasteiger partial charge in [0.2, 0.25) is 5.89 Å². The maximum Gasteiger partial charge on any atom is 0.265 e. The van der Waals surface area contributed by atoms with Gasteiger partial charge in [-0.15, -0.1) is 0 Å². The van der Waals surface area contributed by atoms with E-state index in [1.807, 2.05) is 6.92 Å². The van der Waals surface area contributed by atoms with Crippen molar-refractivity contribution >= 4 is 38.9 Å². The molecule has 2 aromatic carbocycles. The Morgan fingerprint density at radius 2 is 2.06 bits per heavy atom. The van der Waals surface area contributed by atoms with E-state index in [-0.39, 0.29) is 51.9 Å². The Balaban J connectivity index is 1.68. The first kappa shape index (κ1) is 21.1. The smallest absolute Gasteiger partial charge is 0.265 e. The summed E-state index contributed by atoms with van der Waals surface area (Å²) in [5.41, 5.74) is 0.0341. The number of benzene rings is 2. The van der Waals surface area contributed by atoms with Crippen LogP contribution in [0, 0.1) is 5.82 Å². The molecule has 0 aliphatic carbocycles. The normalized spacial score (nSPS) is 13.6. The maximum atomic E-state index is 13.9. The number of aryl methyl sites for hydroxylation is 1. The first-order chi connectivity index (χ1) is 14.8. The number of hydrogen-bond acceptors (Lipinski definition) is 7. The lowest BCUT2D eigenvalue weighted by atomic mass is 10.2. The Hall–Kier alpha value is -3.18. The van der Waals surface area contributed by atoms with Gasteiger partial charge in [0.15, 0.2) is 12.4 Å². The number of rotatable bonds is 6. The summed E-state index contributed by atoms with van der Waals surface area (Å²) in [6.07, 6.45) is 0.544. The number of carbonyl (C=O) groups is 1. The molecule has 12 heteroatoms. The van der Waals surface area contributed by atoms with Gasteiger partial charge in [0, 0.05) is 12.5 Å². The van der Waals surface area contributed by atoms with Crippen molar-refractivity contribution in [2.24, 2.45) is 0 Å². The molecule has 2 heterocycles. The minimum atomic E-state index is -4.24. The molecule has 1 N–H and O–H groups in total. The molecule has 0 fully saturated rings. The number of hydrogen-bond donors (Lipinski definition) is 1. The van der Waals surface area contributed by atoms with Crippen LogP contribution in [0.15, 0.2) is 45.8 Å². The van der Waals surface area contributed by atoms with Gasteiger partial charge in [-0.3, -0.25) is 14.4 Å². The van der Waals surface area contributed by atoms with Gasteiger partial charge in [-0.1, -0.05) is 35.8 Å². The van der Waals surface area contributed by atoms with Crippen LogP contribution in [0.5, 0.6) is 5.75 Å². The lowest BCUT2D eigenvalue weighted by Crippen LogP contribution is -2.38. The molecule has 0 spiro atoms. The van der Waals surface area contributed by atoms with E-state index in [9.17, 15) is 17.6 Å². The highest BCUT2D eigenvalue weighted by atomic mass is 35.5. The van der Waals surface area contributed by atoms with Gasteiger partial charge in [-0.25, -0.2) is 12.8 Å². The molecule has 0 atom stereocenters. The lowest BCUT2D eigenvalue weighted by molar-refractivity contribution is -0.121. The van der Waals surface area contributed by atoms with Crippen LogP contribution in [0.2, 0.25) is 5.02 Å². The van der Waals surface area contributed by atoms with E-state index < -0.39 is 15.8 Å². The first-order valence-electron chi connectivity index (χ1n) is 9.14. The summed E-state index contributed by atoms with van der Waals surface area (Å²) < 4.78 is 52.1. The molecule has 1 amide bonds. The van der Waals surface area contributed by atoms with E-state index in [0.717, 1.165) is 6.07 Å². The number of ether oxygens (including phenoxy) is 1. The zero-order chi connectivity index (χ0) is 22.2. The Morgan fingerprint density at radius 3 is 2.77 bits per heavy atom. The fourth-order valence-electron chi connectivity index (χ4n) is 2.96. The third-order valence-electron chi connectivity index (χ3n) is 4.48. The lowest BCUT2D eigenvalue weighted by Gasteiger charge is -2.29. The highest BCUT2D eigenvalue weighted by molar-refractivity contribution is 7.92. The molecule has 1 aromatic heterocycles. The van der Waals surface area contributed by atoms with Crippen molar-refractivity contribution in [3.8, 4) is 5.75 Å². The number of fused-ring (bicyclic) bond motifs is 1. The predicted octanol–water partition coefficient (Wildman–Crippen LogP) is 3.15. The van der Waals surface area contributed by atoms with Gasteiger partial charge < -0.3 is 9.26 Å². The molecule has 0 saturated heterocycles. The second kappa shape index (κ2) is 8.16. The number of aromatic nitrogens is 2. The van der Waals surface area contributed by atoms with Crippen LogP contribution in [0.4, 0.5) is 15.8 Å². The molecular formula is C19H16ClFN4O5S. The summed E-state index contributed by atoms with van der Waals surface area (Å²) in [7, 11) is -4.24. The van der Waals surface area contributed by atoms with Gasteiger partial charge >= 0.3 is 0 Å². The Kier molecular flexibility index (Phi) is 5.54. The van der Waals surface area contributed by atoms with Crippen molar-refractivity contribution < 1.29 is 26.9 Å². The average molecular weight is 467 g/mol. The highest BCUT2D eigenvalue weighted by Crippen LogP contribution is 2.39. The number of halogens is 2. The molecule has 9 nitrogen and oxygen atoms in total. The first-order valence-corrected chi connectivity index (χ1v) is 11.0. The van der Waals surface area contributed by atoms with Crippen LogP contribution in [-0.2, 0) is 27.8 Å². The van der Waals surface area contributed by atoms with E-state index >= 15 is 0 Å². The Bertz CT molecular complexity index is 1260. The molecule has 0 saturated carbocycles. The third-order valence-corrected chi connectivity index (χ3v) is 6.31. The standard InChI is InChI=1S/C19H16ClFN4O5S/c1-2-18-22-17(23-30-18)9-25-14-7-11(20)16(8-15(14)29-10-19(25)26)31(27,28)24-13-6-4-3-5-12(13)21/h3-8,24H,2,9-10H2,1H3. The zero-order valence-corrected chi connectivity index (χ0v) is 17.7. The van der Waals surface area contributed by atoms with Crippen LogP contribution in [0.25, 0.3) is 0 Å². The van der Waals surface area contributed by atoms with Gasteiger partial charge in [-0.2, -0.15) is 4.98 Å². The predicted molar refractivity (Wildman–Crippen MR) is 109 cm³/mol. The van der Waals surface area contributed by atoms with Gasteiger partial charge in [-0.05, 0) is 18.2 Å². The summed E-state index contributed by atoms with van der Waals surface area (Å²) in [5.74, 6) is -0.287. The van der Waals surface area contributed by atoms with Crippen molar-refractivity contribution in [1.82, 2.24) is 10.1 Å². The van der Waals surface area contributed by atoms with Crippen LogP contribution >= 0.6 is 11.6 Å². The van der Waals surface area contributed by atoms with Crippen molar-refractivity contribution in [1.29, 1.82) is 0 Å². The molecular weight excluding hydrogens is 451 g/mol. The molecule has 4 rings (SSSR count). The molecule has 3 aromatic rings. The number of anilines is 2. The van der Waals surface area contributed by atoms with Crippen molar-refractivity contribution in [3.63, 3.8) is 0 Å². The maximum absolute atomic E-state index is 13.9. The zero-order valence-electron chi connectivity index (χ0n) is 16.1. The SMILES string of the molecule is CCc1nc(CN2C(=O)COc3cc(S(=O)(=O)Nc4ccccc4F)c(Cl)cc32)no1. The number of nitrogens with one attached hydrogen (secondary N) is 1. The second-order valence-corrected chi connectivity index (χ2v) is 8.62. The largest absolute Gasteiger partial charge is 0.482 e. The molecule has 0 unspecified atom stereocenters.